The molecule has 88 heavy (non-hydrogen) atoms. The normalized spacial score (nSPS) is 13.6. The molecule has 10 aromatic rings. The summed E-state index contributed by atoms with van der Waals surface area (Å²) >= 11 is 3.73. The number of ketones is 1. The van der Waals surface area contributed by atoms with E-state index in [1.807, 2.05) is 70.3 Å². The summed E-state index contributed by atoms with van der Waals surface area (Å²) in [6.45, 7) is 39.8. The first-order valence-electron chi connectivity index (χ1n) is 32.8. The molecule has 0 aliphatic carbocycles. The molecule has 0 saturated heterocycles. The zero-order valence-electron chi connectivity index (χ0n) is 57.5. The number of rotatable bonds is 11. The summed E-state index contributed by atoms with van der Waals surface area (Å²) in [5.74, 6) is 0.366. The fourth-order valence-electron chi connectivity index (χ4n) is 12.8. The zero-order chi connectivity index (χ0) is 64.4. The van der Waals surface area contributed by atoms with Crippen LogP contribution in [-0.4, -0.2) is 20.9 Å². The van der Waals surface area contributed by atoms with E-state index in [2.05, 4.69) is 193 Å². The third-order valence-electron chi connectivity index (χ3n) is 17.6. The van der Waals surface area contributed by atoms with Crippen LogP contribution in [0.3, 0.4) is 0 Å². The smallest absolute Gasteiger partial charge is 0.162 e. The first-order chi connectivity index (χ1) is 41.8. The van der Waals surface area contributed by atoms with Gasteiger partial charge in [0, 0.05) is 71.0 Å². The van der Waals surface area contributed by atoms with E-state index in [4.69, 9.17) is 12.7 Å². The van der Waals surface area contributed by atoms with Crippen molar-refractivity contribution in [3.05, 3.63) is 167 Å². The minimum atomic E-state index is -0.248. The van der Waals surface area contributed by atoms with Crippen molar-refractivity contribution >= 4 is 93.9 Å². The molecule has 0 saturated carbocycles. The number of pyridine rings is 2. The van der Waals surface area contributed by atoms with E-state index in [1.54, 1.807) is 0 Å². The van der Waals surface area contributed by atoms with Gasteiger partial charge in [0.05, 0.1) is 2.74 Å². The minimum Gasteiger partial charge on any atom is -0.512 e. The van der Waals surface area contributed by atoms with Crippen LogP contribution in [0.2, 0.25) is 0 Å². The largest absolute Gasteiger partial charge is 0.512 e. The van der Waals surface area contributed by atoms with Gasteiger partial charge >= 0.3 is 0 Å². The van der Waals surface area contributed by atoms with Gasteiger partial charge < -0.3 is 5.11 Å². The average Bonchev–Trinajstić information content (AvgIpc) is 0.726. The van der Waals surface area contributed by atoms with Crippen LogP contribution in [-0.2, 0) is 50.6 Å². The first kappa shape index (κ1) is 63.7. The molecule has 0 amide bonds. The van der Waals surface area contributed by atoms with Gasteiger partial charge in [0.2, 0.25) is 0 Å². The molecule has 2 aliphatic heterocycles. The number of fused-ring (bicyclic) bond motifs is 10. The van der Waals surface area contributed by atoms with Crippen LogP contribution in [0.25, 0.3) is 87.1 Å². The third-order valence-corrected chi connectivity index (χ3v) is 20.0. The van der Waals surface area contributed by atoms with Gasteiger partial charge in [-0.05, 0) is 168 Å². The predicted molar refractivity (Wildman–Crippen MR) is 376 cm³/mol. The van der Waals surface area contributed by atoms with E-state index >= 15 is 0 Å². The van der Waals surface area contributed by atoms with Crippen LogP contribution in [0.1, 0.15) is 174 Å². The zero-order valence-corrected chi connectivity index (χ0v) is 59.6. The SMILES string of the molecule is CCC(CC)C(=O)/C=C(\O)C(C)(CC)CC.[2H]c1cc2c3c(cc4cc(CC(C)(C)C)ccc42)Sc2c([c-]c4cc(C)ccc4c2CC(C)(C)C)-c3n1.[2H]c1cc2c3c(cc4cc(CC(C)(C)C)ccc42)Sc2c([c-]c4ccccc4c2CC(C)(C)C)-c3n1.[Ir]. The number of aromatic nitrogens is 2. The number of carbonyl (C=O) groups is 1. The standard InChI is InChI=1S/C34H34NS.C33H32NS.C14H26O2.Ir/c1-20-8-10-25-22(14-20)16-27-31-30-26(12-13-35-31)24-11-9-21(18-33(2,3)4)15-23(24)17-29(30)36-32(27)28(25)19-34(5,6)7;1-32(2,3)18-20-11-12-24-22(15-20)17-28-29-25(24)13-14-34-30(29)26-16-21-9-7-8-10-23(21)27(31(26)35-28)19-33(4,5)6;1-6-11(7-2)12(15)10-13(16)14(5,8-3)9-4;/h8-15,17H,18-19H2,1-7H3;7-15,17H,18-19H2,1-6H3;10-11,16H,6-9H2,1-5H3;/q2*-1;;/b;;13-10-;/i13D;14D;;. The number of carbonyl (C=O) groups excluding carboxylic acids is 1. The van der Waals surface area contributed by atoms with Crippen LogP contribution >= 0.6 is 23.5 Å². The topological polar surface area (TPSA) is 63.1 Å². The Morgan fingerprint density at radius 2 is 0.977 bits per heavy atom. The Morgan fingerprint density at radius 3 is 1.42 bits per heavy atom. The summed E-state index contributed by atoms with van der Waals surface area (Å²) in [6, 6.07) is 45.1. The van der Waals surface area contributed by atoms with Gasteiger partial charge in [-0.1, -0.05) is 223 Å². The summed E-state index contributed by atoms with van der Waals surface area (Å²) in [5.41, 5.74) is 11.1. The molecule has 1 radical (unpaired) electrons. The predicted octanol–water partition coefficient (Wildman–Crippen LogP) is 23.9. The minimum absolute atomic E-state index is 0. The van der Waals surface area contributed by atoms with Gasteiger partial charge in [-0.3, -0.25) is 14.8 Å². The van der Waals surface area contributed by atoms with Crippen LogP contribution in [0.5, 0.6) is 0 Å². The van der Waals surface area contributed by atoms with Crippen molar-refractivity contribution in [3.8, 4) is 22.5 Å². The molecule has 12 rings (SSSR count). The van der Waals surface area contributed by atoms with Crippen molar-refractivity contribution in [1.29, 1.82) is 0 Å². The first-order valence-corrected chi connectivity index (χ1v) is 33.4. The summed E-state index contributed by atoms with van der Waals surface area (Å²) in [4.78, 5) is 26.5. The molecule has 2 aromatic heterocycles. The van der Waals surface area contributed by atoms with Crippen LogP contribution < -0.4 is 0 Å². The molecule has 7 heteroatoms. The van der Waals surface area contributed by atoms with Crippen LogP contribution in [0.4, 0.5) is 0 Å². The average molecular weight is 1380 g/mol. The van der Waals surface area contributed by atoms with Crippen molar-refractivity contribution in [2.75, 3.05) is 0 Å². The van der Waals surface area contributed by atoms with E-state index < -0.39 is 0 Å². The quantitative estimate of drug-likeness (QED) is 0.0603. The molecule has 0 spiro atoms. The Morgan fingerprint density at radius 1 is 0.545 bits per heavy atom. The van der Waals surface area contributed by atoms with Gasteiger partial charge in [0.1, 0.15) is 5.76 Å². The van der Waals surface area contributed by atoms with Crippen molar-refractivity contribution in [3.63, 3.8) is 0 Å². The molecule has 4 heterocycles. The van der Waals surface area contributed by atoms with Crippen molar-refractivity contribution in [1.82, 2.24) is 9.97 Å². The van der Waals surface area contributed by atoms with Gasteiger partial charge in [-0.15, -0.1) is 58.6 Å². The monoisotopic (exact) mass is 1380 g/mol. The molecular formula is C81H92IrN2O2S2-2. The molecule has 1 N–H and O–H groups in total. The Kier molecular flexibility index (Phi) is 18.7. The van der Waals surface area contributed by atoms with E-state index in [9.17, 15) is 9.90 Å². The van der Waals surface area contributed by atoms with Crippen molar-refractivity contribution < 1.29 is 32.7 Å². The summed E-state index contributed by atoms with van der Waals surface area (Å²) in [6.07, 6.45) is 9.47. The number of aliphatic hydroxyl groups is 1. The summed E-state index contributed by atoms with van der Waals surface area (Å²) in [7, 11) is 0. The molecule has 2 aliphatic rings. The van der Waals surface area contributed by atoms with Gasteiger partial charge in [-0.2, -0.15) is 0 Å². The van der Waals surface area contributed by atoms with Crippen LogP contribution in [0, 0.1) is 52.0 Å². The maximum Gasteiger partial charge on any atom is 0.162 e. The third kappa shape index (κ3) is 14.2. The molecule has 0 fully saturated rings. The number of aryl methyl sites for hydroxylation is 1. The second-order valence-electron chi connectivity index (χ2n) is 30.0. The number of hydrogen-bond donors (Lipinski definition) is 1. The Hall–Kier alpha value is -5.82. The molecule has 0 unspecified atom stereocenters. The number of benzene rings is 8. The van der Waals surface area contributed by atoms with Crippen molar-refractivity contribution in [2.24, 2.45) is 33.0 Å². The Balaban J connectivity index is 0.000000172. The molecule has 461 valence electrons. The summed E-state index contributed by atoms with van der Waals surface area (Å²) < 4.78 is 17.3. The maximum absolute atomic E-state index is 11.9. The number of aliphatic hydroxyl groups excluding tert-OH is 1. The van der Waals surface area contributed by atoms with E-state index in [0.29, 0.717) is 12.3 Å². The molecular weight excluding hydrogens is 1290 g/mol. The Bertz CT molecular complexity index is 4450. The molecule has 0 atom stereocenters. The van der Waals surface area contributed by atoms with E-state index in [1.165, 1.54) is 85.8 Å². The fraction of sp³-hybridized carbons (Fsp3) is 0.395. The fourth-order valence-corrected chi connectivity index (χ4v) is 15.4. The number of nitrogens with zero attached hydrogens (tertiary/aromatic N) is 2. The van der Waals surface area contributed by atoms with Gasteiger partial charge in [0.25, 0.3) is 0 Å². The maximum atomic E-state index is 11.9. The van der Waals surface area contributed by atoms with Gasteiger partial charge in [0.15, 0.2) is 5.78 Å². The molecule has 8 aromatic carbocycles. The second kappa shape index (κ2) is 25.8. The number of hydrogen-bond acceptors (Lipinski definition) is 6. The molecule has 0 bridgehead atoms. The van der Waals surface area contributed by atoms with Crippen molar-refractivity contribution in [2.45, 2.75) is 196 Å². The summed E-state index contributed by atoms with van der Waals surface area (Å²) in [5, 5.41) is 24.3. The van der Waals surface area contributed by atoms with E-state index in [0.717, 1.165) is 106 Å². The second-order valence-corrected chi connectivity index (χ2v) is 32.1. The Labute approximate surface area is 551 Å². The number of allylic oxidation sites excluding steroid dienone is 2. The van der Waals surface area contributed by atoms with Crippen LogP contribution in [0.15, 0.2) is 147 Å². The van der Waals surface area contributed by atoms with Gasteiger partial charge in [-0.25, -0.2) is 0 Å². The van der Waals surface area contributed by atoms with E-state index in [-0.39, 0.29) is 64.6 Å². The molecule has 4 nitrogen and oxygen atoms in total.